The van der Waals surface area contributed by atoms with Crippen molar-refractivity contribution in [1.82, 2.24) is 9.78 Å². The zero-order chi connectivity index (χ0) is 11.4. The molecule has 0 radical (unpaired) electrons. The lowest BCUT2D eigenvalue weighted by atomic mass is 10.2. The fourth-order valence-corrected chi connectivity index (χ4v) is 2.38. The van der Waals surface area contributed by atoms with Gasteiger partial charge in [0.1, 0.15) is 0 Å². The summed E-state index contributed by atoms with van der Waals surface area (Å²) in [6.45, 7) is 0. The van der Waals surface area contributed by atoms with Crippen LogP contribution in [0.4, 0.5) is 0 Å². The average Bonchev–Trinajstić information content (AvgIpc) is 2.73. The summed E-state index contributed by atoms with van der Waals surface area (Å²) in [6.07, 6.45) is 3.94. The van der Waals surface area contributed by atoms with E-state index in [0.29, 0.717) is 5.88 Å². The van der Waals surface area contributed by atoms with Crippen molar-refractivity contribution in [1.29, 1.82) is 0 Å². The third-order valence-corrected chi connectivity index (χ3v) is 3.63. The summed E-state index contributed by atoms with van der Waals surface area (Å²) in [6, 6.07) is 8.36. The Morgan fingerprint density at radius 1 is 1.25 bits per heavy atom. The molecule has 0 fully saturated rings. The van der Waals surface area contributed by atoms with E-state index in [9.17, 15) is 0 Å². The van der Waals surface area contributed by atoms with Crippen LogP contribution in [0.2, 0.25) is 0 Å². The van der Waals surface area contributed by atoms with Crippen LogP contribution in [0.5, 0.6) is 0 Å². The molecule has 0 saturated carbocycles. The molecule has 0 aliphatic rings. The maximum absolute atomic E-state index is 5.74. The highest BCUT2D eigenvalue weighted by atomic mass is 35.5. The second-order valence-electron chi connectivity index (χ2n) is 3.59. The van der Waals surface area contributed by atoms with Gasteiger partial charge in [-0.2, -0.15) is 5.10 Å². The van der Waals surface area contributed by atoms with Crippen molar-refractivity contribution in [2.75, 3.05) is 0 Å². The molecule has 1 aromatic heterocycles. The van der Waals surface area contributed by atoms with Crippen LogP contribution in [0.25, 0.3) is 0 Å². The van der Waals surface area contributed by atoms with Crippen LogP contribution in [0.1, 0.15) is 11.1 Å². The number of rotatable bonds is 4. The number of alkyl halides is 1. The molecule has 0 bridgehead atoms. The SMILES string of the molecule is Cn1cc(CSc2ccc(CCl)cc2)cn1. The van der Waals surface area contributed by atoms with Gasteiger partial charge in [0, 0.05) is 35.3 Å². The Hall–Kier alpha value is -0.930. The Balaban J connectivity index is 1.94. The Kier molecular flexibility index (Phi) is 3.91. The van der Waals surface area contributed by atoms with Crippen LogP contribution in [-0.2, 0) is 18.7 Å². The number of halogens is 1. The van der Waals surface area contributed by atoms with Gasteiger partial charge in [0.15, 0.2) is 0 Å². The van der Waals surface area contributed by atoms with E-state index in [2.05, 4.69) is 29.4 Å². The van der Waals surface area contributed by atoms with E-state index in [1.54, 1.807) is 0 Å². The molecule has 0 N–H and O–H groups in total. The molecule has 4 heteroatoms. The number of hydrogen-bond acceptors (Lipinski definition) is 2. The predicted molar refractivity (Wildman–Crippen MR) is 68.8 cm³/mol. The number of thioether (sulfide) groups is 1. The van der Waals surface area contributed by atoms with Gasteiger partial charge < -0.3 is 0 Å². The first-order chi connectivity index (χ1) is 7.78. The highest BCUT2D eigenvalue weighted by molar-refractivity contribution is 7.98. The Morgan fingerprint density at radius 2 is 2.00 bits per heavy atom. The van der Waals surface area contributed by atoms with Crippen molar-refractivity contribution in [3.63, 3.8) is 0 Å². The summed E-state index contributed by atoms with van der Waals surface area (Å²) in [5, 5.41) is 4.14. The second-order valence-corrected chi connectivity index (χ2v) is 4.90. The zero-order valence-corrected chi connectivity index (χ0v) is 10.6. The summed E-state index contributed by atoms with van der Waals surface area (Å²) < 4.78 is 1.83. The van der Waals surface area contributed by atoms with Crippen molar-refractivity contribution in [2.45, 2.75) is 16.5 Å². The fraction of sp³-hybridized carbons (Fsp3) is 0.250. The maximum Gasteiger partial charge on any atom is 0.0530 e. The third-order valence-electron chi connectivity index (χ3n) is 2.24. The fourth-order valence-electron chi connectivity index (χ4n) is 1.39. The molecule has 0 aliphatic carbocycles. The van der Waals surface area contributed by atoms with Gasteiger partial charge in [0.05, 0.1) is 6.20 Å². The maximum atomic E-state index is 5.74. The van der Waals surface area contributed by atoms with Crippen LogP contribution in [0.15, 0.2) is 41.6 Å². The van der Waals surface area contributed by atoms with Gasteiger partial charge in [-0.1, -0.05) is 12.1 Å². The Morgan fingerprint density at radius 3 is 2.56 bits per heavy atom. The van der Waals surface area contributed by atoms with Gasteiger partial charge in [0.2, 0.25) is 0 Å². The van der Waals surface area contributed by atoms with Gasteiger partial charge in [-0.25, -0.2) is 0 Å². The summed E-state index contributed by atoms with van der Waals surface area (Å²) in [4.78, 5) is 1.26. The molecular weight excluding hydrogens is 240 g/mol. The minimum absolute atomic E-state index is 0.577. The lowest BCUT2D eigenvalue weighted by Gasteiger charge is -2.00. The van der Waals surface area contributed by atoms with Crippen molar-refractivity contribution < 1.29 is 0 Å². The summed E-state index contributed by atoms with van der Waals surface area (Å²) in [5.74, 6) is 1.53. The van der Waals surface area contributed by atoms with E-state index >= 15 is 0 Å². The van der Waals surface area contributed by atoms with Crippen LogP contribution < -0.4 is 0 Å². The third kappa shape index (κ3) is 3.03. The van der Waals surface area contributed by atoms with Crippen molar-refractivity contribution >= 4 is 23.4 Å². The monoisotopic (exact) mass is 252 g/mol. The molecule has 0 unspecified atom stereocenters. The van der Waals surface area contributed by atoms with Crippen LogP contribution in [-0.4, -0.2) is 9.78 Å². The van der Waals surface area contributed by atoms with Gasteiger partial charge in [-0.15, -0.1) is 23.4 Å². The molecule has 2 nitrogen and oxygen atoms in total. The van der Waals surface area contributed by atoms with Crippen LogP contribution in [0, 0.1) is 0 Å². The van der Waals surface area contributed by atoms with E-state index in [1.807, 2.05) is 35.9 Å². The molecule has 0 amide bonds. The molecule has 2 aromatic rings. The molecule has 0 saturated heterocycles. The highest BCUT2D eigenvalue weighted by Crippen LogP contribution is 2.23. The molecule has 0 atom stereocenters. The summed E-state index contributed by atoms with van der Waals surface area (Å²) in [7, 11) is 1.93. The van der Waals surface area contributed by atoms with Gasteiger partial charge in [-0.3, -0.25) is 4.68 Å². The molecular formula is C12H13ClN2S. The number of aryl methyl sites for hydroxylation is 1. The molecule has 0 aliphatic heterocycles. The summed E-state index contributed by atoms with van der Waals surface area (Å²) in [5.41, 5.74) is 2.40. The lowest BCUT2D eigenvalue weighted by molar-refractivity contribution is 0.767. The van der Waals surface area contributed by atoms with E-state index in [-0.39, 0.29) is 0 Å². The number of benzene rings is 1. The standard InChI is InChI=1S/C12H13ClN2S/c1-15-8-11(7-14-15)9-16-12-4-2-10(6-13)3-5-12/h2-5,7-8H,6,9H2,1H3. The number of nitrogens with zero attached hydrogens (tertiary/aromatic N) is 2. The van der Waals surface area contributed by atoms with Crippen LogP contribution >= 0.6 is 23.4 Å². The van der Waals surface area contributed by atoms with Crippen molar-refractivity contribution in [3.05, 3.63) is 47.8 Å². The van der Waals surface area contributed by atoms with Crippen LogP contribution in [0.3, 0.4) is 0 Å². The average molecular weight is 253 g/mol. The molecule has 16 heavy (non-hydrogen) atoms. The quantitative estimate of drug-likeness (QED) is 0.613. The van der Waals surface area contributed by atoms with Gasteiger partial charge in [0.25, 0.3) is 0 Å². The second kappa shape index (κ2) is 5.41. The van der Waals surface area contributed by atoms with E-state index < -0.39 is 0 Å². The van der Waals surface area contributed by atoms with Gasteiger partial charge in [-0.05, 0) is 17.7 Å². The Labute approximate surface area is 105 Å². The molecule has 84 valence electrons. The first kappa shape index (κ1) is 11.6. The largest absolute Gasteiger partial charge is 0.276 e. The summed E-state index contributed by atoms with van der Waals surface area (Å²) >= 11 is 7.55. The normalized spacial score (nSPS) is 10.6. The van der Waals surface area contributed by atoms with Gasteiger partial charge >= 0.3 is 0 Å². The molecule has 0 spiro atoms. The highest BCUT2D eigenvalue weighted by Gasteiger charge is 1.98. The molecule has 1 aromatic carbocycles. The topological polar surface area (TPSA) is 17.8 Å². The molecule has 2 rings (SSSR count). The molecule has 1 heterocycles. The minimum atomic E-state index is 0.577. The first-order valence-electron chi connectivity index (χ1n) is 5.03. The smallest absolute Gasteiger partial charge is 0.0530 e. The lowest BCUT2D eigenvalue weighted by Crippen LogP contribution is -1.84. The number of hydrogen-bond donors (Lipinski definition) is 0. The Bertz CT molecular complexity index is 450. The number of aromatic nitrogens is 2. The zero-order valence-electron chi connectivity index (χ0n) is 9.06. The predicted octanol–water partition coefficient (Wildman–Crippen LogP) is 3.45. The van der Waals surface area contributed by atoms with E-state index in [0.717, 1.165) is 11.3 Å². The van der Waals surface area contributed by atoms with Crippen molar-refractivity contribution in [2.24, 2.45) is 7.05 Å². The van der Waals surface area contributed by atoms with E-state index in [4.69, 9.17) is 11.6 Å². The van der Waals surface area contributed by atoms with E-state index in [1.165, 1.54) is 10.5 Å². The first-order valence-corrected chi connectivity index (χ1v) is 6.55. The minimum Gasteiger partial charge on any atom is -0.276 e. The van der Waals surface area contributed by atoms with Crippen molar-refractivity contribution in [3.8, 4) is 0 Å².